The van der Waals surface area contributed by atoms with Crippen molar-refractivity contribution in [3.05, 3.63) is 60.1 Å². The minimum absolute atomic E-state index is 0. The summed E-state index contributed by atoms with van der Waals surface area (Å²) in [6.45, 7) is 1.29. The van der Waals surface area contributed by atoms with Crippen LogP contribution in [0.4, 0.5) is 0 Å². The molecule has 0 aliphatic heterocycles. The molecule has 130 valence electrons. The molecule has 0 saturated heterocycles. The van der Waals surface area contributed by atoms with E-state index in [4.69, 9.17) is 4.42 Å². The third-order valence-electron chi connectivity index (χ3n) is 3.23. The molecule has 0 saturated carbocycles. The molecule has 0 bridgehead atoms. The molecule has 0 aliphatic rings. The van der Waals surface area contributed by atoms with E-state index < -0.39 is 0 Å². The van der Waals surface area contributed by atoms with Crippen LogP contribution in [0, 0.1) is 0 Å². The van der Waals surface area contributed by atoms with Gasteiger partial charge in [-0.2, -0.15) is 0 Å². The topological polar surface area (TPSA) is 78.7 Å². The number of guanidine groups is 1. The number of benzene rings is 1. The van der Waals surface area contributed by atoms with Crippen LogP contribution < -0.4 is 16.0 Å². The van der Waals surface area contributed by atoms with Crippen LogP contribution in [-0.2, 0) is 17.8 Å². The highest BCUT2D eigenvalue weighted by Gasteiger charge is 2.04. The van der Waals surface area contributed by atoms with Crippen molar-refractivity contribution in [3.8, 4) is 0 Å². The van der Waals surface area contributed by atoms with E-state index in [2.05, 4.69) is 33.1 Å². The lowest BCUT2D eigenvalue weighted by atomic mass is 10.1. The fourth-order valence-corrected chi connectivity index (χ4v) is 2.02. The van der Waals surface area contributed by atoms with Gasteiger partial charge in [0.2, 0.25) is 5.91 Å². The summed E-state index contributed by atoms with van der Waals surface area (Å²) in [5.74, 6) is 1.21. The van der Waals surface area contributed by atoms with Gasteiger partial charge in [-0.25, -0.2) is 0 Å². The number of aliphatic imine (C=N–C) groups is 1. The van der Waals surface area contributed by atoms with Gasteiger partial charge < -0.3 is 20.4 Å². The lowest BCUT2D eigenvalue weighted by Crippen LogP contribution is -2.43. The second kappa shape index (κ2) is 11.5. The summed E-state index contributed by atoms with van der Waals surface area (Å²) in [5.41, 5.74) is 1.26. The van der Waals surface area contributed by atoms with E-state index in [1.165, 1.54) is 5.56 Å². The van der Waals surface area contributed by atoms with E-state index >= 15 is 0 Å². The molecule has 0 aliphatic carbocycles. The van der Waals surface area contributed by atoms with Gasteiger partial charge in [0.15, 0.2) is 5.96 Å². The number of hydrogen-bond acceptors (Lipinski definition) is 3. The number of nitrogens with zero attached hydrogens (tertiary/aromatic N) is 1. The van der Waals surface area contributed by atoms with E-state index in [0.717, 1.165) is 18.7 Å². The highest BCUT2D eigenvalue weighted by molar-refractivity contribution is 14.0. The molecule has 0 fully saturated rings. The van der Waals surface area contributed by atoms with Gasteiger partial charge in [-0.15, -0.1) is 24.0 Å². The summed E-state index contributed by atoms with van der Waals surface area (Å²) < 4.78 is 5.15. The monoisotopic (exact) mass is 442 g/mol. The Kier molecular flexibility index (Phi) is 9.59. The number of halogens is 1. The van der Waals surface area contributed by atoms with E-state index in [-0.39, 0.29) is 36.4 Å². The van der Waals surface area contributed by atoms with Gasteiger partial charge in [-0.3, -0.25) is 9.79 Å². The molecular formula is C17H23IN4O2. The zero-order valence-electron chi connectivity index (χ0n) is 13.6. The number of carbonyl (C=O) groups is 1. The first kappa shape index (κ1) is 20.0. The highest BCUT2D eigenvalue weighted by atomic mass is 127. The van der Waals surface area contributed by atoms with Gasteiger partial charge in [-0.1, -0.05) is 30.3 Å². The van der Waals surface area contributed by atoms with Crippen molar-refractivity contribution in [1.82, 2.24) is 16.0 Å². The van der Waals surface area contributed by atoms with Crippen LogP contribution in [0.3, 0.4) is 0 Å². The van der Waals surface area contributed by atoms with Crippen LogP contribution in [-0.4, -0.2) is 32.0 Å². The molecule has 24 heavy (non-hydrogen) atoms. The maximum absolute atomic E-state index is 11.8. The van der Waals surface area contributed by atoms with E-state index in [1.807, 2.05) is 24.3 Å². The van der Waals surface area contributed by atoms with Crippen molar-refractivity contribution < 1.29 is 9.21 Å². The molecule has 1 heterocycles. The van der Waals surface area contributed by atoms with Crippen molar-refractivity contribution in [2.45, 2.75) is 13.0 Å². The van der Waals surface area contributed by atoms with E-state index in [1.54, 1.807) is 19.4 Å². The van der Waals surface area contributed by atoms with Gasteiger partial charge in [0.05, 0.1) is 19.4 Å². The molecule has 1 aromatic heterocycles. The zero-order chi connectivity index (χ0) is 16.3. The summed E-state index contributed by atoms with van der Waals surface area (Å²) >= 11 is 0. The second-order valence-electron chi connectivity index (χ2n) is 4.94. The molecule has 0 unspecified atom stereocenters. The smallest absolute Gasteiger partial charge is 0.239 e. The lowest BCUT2D eigenvalue weighted by Gasteiger charge is -2.11. The van der Waals surface area contributed by atoms with Crippen molar-refractivity contribution in [2.24, 2.45) is 4.99 Å². The van der Waals surface area contributed by atoms with Gasteiger partial charge in [0.1, 0.15) is 5.76 Å². The summed E-state index contributed by atoms with van der Waals surface area (Å²) in [6, 6.07) is 13.8. The SMILES string of the molecule is CN=C(NCCc1ccccc1)NCC(=O)NCc1ccco1.I. The average Bonchev–Trinajstić information content (AvgIpc) is 3.10. The predicted octanol–water partition coefficient (Wildman–Crippen LogP) is 1.92. The fraction of sp³-hybridized carbons (Fsp3) is 0.294. The third kappa shape index (κ3) is 7.49. The second-order valence-corrected chi connectivity index (χ2v) is 4.94. The molecule has 1 amide bonds. The van der Waals surface area contributed by atoms with E-state index in [0.29, 0.717) is 12.5 Å². The number of hydrogen-bond donors (Lipinski definition) is 3. The standard InChI is InChI=1S/C17H22N4O2.HI/c1-18-17(19-10-9-14-6-3-2-4-7-14)21-13-16(22)20-12-15-8-5-11-23-15;/h2-8,11H,9-10,12-13H2,1H3,(H,20,22)(H2,18,19,21);1H. The summed E-state index contributed by atoms with van der Waals surface area (Å²) in [7, 11) is 1.68. The number of carbonyl (C=O) groups excluding carboxylic acids is 1. The number of rotatable bonds is 7. The van der Waals surface area contributed by atoms with Crippen LogP contribution in [0.2, 0.25) is 0 Å². The molecular weight excluding hydrogens is 419 g/mol. The zero-order valence-corrected chi connectivity index (χ0v) is 15.9. The van der Waals surface area contributed by atoms with Crippen LogP contribution in [0.25, 0.3) is 0 Å². The van der Waals surface area contributed by atoms with Crippen LogP contribution in [0.5, 0.6) is 0 Å². The van der Waals surface area contributed by atoms with Gasteiger partial charge >= 0.3 is 0 Å². The molecule has 6 nitrogen and oxygen atoms in total. The van der Waals surface area contributed by atoms with Crippen LogP contribution in [0.15, 0.2) is 58.1 Å². The van der Waals surface area contributed by atoms with E-state index in [9.17, 15) is 4.79 Å². The van der Waals surface area contributed by atoms with Crippen molar-refractivity contribution in [1.29, 1.82) is 0 Å². The first-order valence-electron chi connectivity index (χ1n) is 7.55. The Bertz CT molecular complexity index is 615. The lowest BCUT2D eigenvalue weighted by molar-refractivity contribution is -0.120. The normalized spacial score (nSPS) is 10.6. The Labute approximate surface area is 159 Å². The quantitative estimate of drug-likeness (QED) is 0.348. The molecule has 3 N–H and O–H groups in total. The van der Waals surface area contributed by atoms with Gasteiger partial charge in [-0.05, 0) is 24.1 Å². The molecule has 0 radical (unpaired) electrons. The molecule has 0 atom stereocenters. The Morgan fingerprint density at radius 1 is 1.08 bits per heavy atom. The molecule has 1 aromatic carbocycles. The number of furan rings is 1. The first-order chi connectivity index (χ1) is 11.3. The van der Waals surface area contributed by atoms with Gasteiger partial charge in [0, 0.05) is 13.6 Å². The summed E-state index contributed by atoms with van der Waals surface area (Å²) in [4.78, 5) is 15.9. The van der Waals surface area contributed by atoms with Gasteiger partial charge in [0.25, 0.3) is 0 Å². The fourth-order valence-electron chi connectivity index (χ4n) is 2.02. The molecule has 2 rings (SSSR count). The van der Waals surface area contributed by atoms with Crippen molar-refractivity contribution in [3.63, 3.8) is 0 Å². The third-order valence-corrected chi connectivity index (χ3v) is 3.23. The number of amides is 1. The predicted molar refractivity (Wildman–Crippen MR) is 105 cm³/mol. The minimum atomic E-state index is -0.118. The molecule has 7 heteroatoms. The Hall–Kier alpha value is -2.03. The Morgan fingerprint density at radius 3 is 2.54 bits per heavy atom. The maximum atomic E-state index is 11.8. The van der Waals surface area contributed by atoms with Crippen LogP contribution in [0.1, 0.15) is 11.3 Å². The van der Waals surface area contributed by atoms with Crippen molar-refractivity contribution >= 4 is 35.8 Å². The average molecular weight is 442 g/mol. The Balaban J connectivity index is 0.00000288. The number of nitrogens with one attached hydrogen (secondary N) is 3. The molecule has 2 aromatic rings. The summed E-state index contributed by atoms with van der Waals surface area (Å²) in [6.07, 6.45) is 2.48. The Morgan fingerprint density at radius 2 is 1.88 bits per heavy atom. The highest BCUT2D eigenvalue weighted by Crippen LogP contribution is 1.98. The first-order valence-corrected chi connectivity index (χ1v) is 7.55. The molecule has 0 spiro atoms. The largest absolute Gasteiger partial charge is 0.467 e. The summed E-state index contributed by atoms with van der Waals surface area (Å²) in [5, 5.41) is 8.93. The van der Waals surface area contributed by atoms with Crippen molar-refractivity contribution in [2.75, 3.05) is 20.1 Å². The maximum Gasteiger partial charge on any atom is 0.239 e. The van der Waals surface area contributed by atoms with Crippen LogP contribution >= 0.6 is 24.0 Å². The minimum Gasteiger partial charge on any atom is -0.467 e.